The second kappa shape index (κ2) is 5.52. The minimum absolute atomic E-state index is 0.0785. The highest BCUT2D eigenvalue weighted by Gasteiger charge is 2.13. The number of nitrogens with zero attached hydrogens (tertiary/aromatic N) is 1. The van der Waals surface area contributed by atoms with E-state index >= 15 is 0 Å². The number of nitrogens with one attached hydrogen (secondary N) is 2. The summed E-state index contributed by atoms with van der Waals surface area (Å²) in [5.74, 6) is 1.11. The molecule has 94 valence electrons. The molecular weight excluding hydrogens is 218 g/mol. The average Bonchev–Trinajstić information content (AvgIpc) is 2.24. The largest absolute Gasteiger partial charge is 0.493 e. The van der Waals surface area contributed by atoms with Gasteiger partial charge in [-0.15, -0.1) is 0 Å². The van der Waals surface area contributed by atoms with Crippen molar-refractivity contribution in [3.63, 3.8) is 0 Å². The second-order valence-corrected chi connectivity index (χ2v) is 4.71. The monoisotopic (exact) mass is 237 g/mol. The number of pyridine rings is 1. The van der Waals surface area contributed by atoms with E-state index in [1.165, 1.54) is 0 Å². The Bertz CT molecular complexity index is 386. The van der Waals surface area contributed by atoms with E-state index < -0.39 is 0 Å². The predicted octanol–water partition coefficient (Wildman–Crippen LogP) is 1.42. The Hall–Kier alpha value is -1.78. The molecule has 5 heteroatoms. The third kappa shape index (κ3) is 4.72. The molecule has 1 amide bonds. The zero-order chi connectivity index (χ0) is 12.9. The number of rotatable bonds is 4. The van der Waals surface area contributed by atoms with E-state index in [2.05, 4.69) is 15.6 Å². The molecule has 0 saturated carbocycles. The van der Waals surface area contributed by atoms with Crippen molar-refractivity contribution in [3.05, 3.63) is 18.3 Å². The molecule has 0 aromatic carbocycles. The summed E-state index contributed by atoms with van der Waals surface area (Å²) in [5, 5.41) is 5.80. The molecule has 2 N–H and O–H groups in total. The van der Waals surface area contributed by atoms with Crippen LogP contribution in [-0.2, 0) is 4.79 Å². The number of aromatic nitrogens is 1. The van der Waals surface area contributed by atoms with Gasteiger partial charge >= 0.3 is 0 Å². The van der Waals surface area contributed by atoms with Crippen LogP contribution in [0.4, 0.5) is 5.82 Å². The van der Waals surface area contributed by atoms with Crippen LogP contribution < -0.4 is 15.4 Å². The number of methoxy groups -OCH3 is 1. The van der Waals surface area contributed by atoms with Crippen LogP contribution in [0.1, 0.15) is 20.8 Å². The Morgan fingerprint density at radius 3 is 2.76 bits per heavy atom. The van der Waals surface area contributed by atoms with E-state index in [0.717, 1.165) is 0 Å². The van der Waals surface area contributed by atoms with E-state index in [-0.39, 0.29) is 18.0 Å². The van der Waals surface area contributed by atoms with Gasteiger partial charge in [0.1, 0.15) is 0 Å². The molecule has 0 fully saturated rings. The number of carbonyl (C=O) groups excluding carboxylic acids is 1. The number of carbonyl (C=O) groups is 1. The first-order chi connectivity index (χ1) is 7.92. The standard InChI is InChI=1S/C12H19N3O2/c1-12(2,3)15-10(16)8-14-11-9(17-4)6-5-7-13-11/h5-7H,8H2,1-4H3,(H,13,14)(H,15,16). The summed E-state index contributed by atoms with van der Waals surface area (Å²) < 4.78 is 5.12. The van der Waals surface area contributed by atoms with E-state index in [4.69, 9.17) is 4.74 Å². The third-order valence-electron chi connectivity index (χ3n) is 1.92. The van der Waals surface area contributed by atoms with Gasteiger partial charge in [0.05, 0.1) is 13.7 Å². The van der Waals surface area contributed by atoms with E-state index in [0.29, 0.717) is 11.6 Å². The van der Waals surface area contributed by atoms with Gasteiger partial charge in [-0.3, -0.25) is 4.79 Å². The second-order valence-electron chi connectivity index (χ2n) is 4.71. The van der Waals surface area contributed by atoms with Crippen molar-refractivity contribution < 1.29 is 9.53 Å². The summed E-state index contributed by atoms with van der Waals surface area (Å²) in [4.78, 5) is 15.7. The van der Waals surface area contributed by atoms with Gasteiger partial charge in [0.2, 0.25) is 5.91 Å². The Labute approximate surface area is 102 Å². The summed E-state index contributed by atoms with van der Waals surface area (Å²) in [7, 11) is 1.57. The van der Waals surface area contributed by atoms with Crippen LogP contribution in [0.25, 0.3) is 0 Å². The highest BCUT2D eigenvalue weighted by molar-refractivity contribution is 5.81. The Balaban J connectivity index is 2.53. The molecule has 0 aliphatic rings. The molecule has 0 unspecified atom stereocenters. The van der Waals surface area contributed by atoms with Crippen molar-refractivity contribution in [3.8, 4) is 5.75 Å². The highest BCUT2D eigenvalue weighted by Crippen LogP contribution is 2.19. The number of ether oxygens (including phenoxy) is 1. The van der Waals surface area contributed by atoms with Crippen molar-refractivity contribution in [1.82, 2.24) is 10.3 Å². The molecule has 0 bridgehead atoms. The molecule has 1 rings (SSSR count). The van der Waals surface area contributed by atoms with Crippen molar-refractivity contribution >= 4 is 11.7 Å². The zero-order valence-electron chi connectivity index (χ0n) is 10.7. The van der Waals surface area contributed by atoms with Gasteiger partial charge in [-0.1, -0.05) is 0 Å². The lowest BCUT2D eigenvalue weighted by Crippen LogP contribution is -2.43. The quantitative estimate of drug-likeness (QED) is 0.831. The van der Waals surface area contributed by atoms with Crippen LogP contribution in [0.5, 0.6) is 5.75 Å². The maximum absolute atomic E-state index is 11.6. The maximum atomic E-state index is 11.6. The number of anilines is 1. The lowest BCUT2D eigenvalue weighted by atomic mass is 10.1. The lowest BCUT2D eigenvalue weighted by molar-refractivity contribution is -0.120. The first-order valence-corrected chi connectivity index (χ1v) is 5.46. The van der Waals surface area contributed by atoms with Gasteiger partial charge in [-0.2, -0.15) is 0 Å². The van der Waals surface area contributed by atoms with Gasteiger partial charge in [0.25, 0.3) is 0 Å². The van der Waals surface area contributed by atoms with Gasteiger partial charge in [0.15, 0.2) is 11.6 Å². The first-order valence-electron chi connectivity index (χ1n) is 5.46. The summed E-state index contributed by atoms with van der Waals surface area (Å²) in [6.45, 7) is 5.98. The van der Waals surface area contributed by atoms with Crippen LogP contribution >= 0.6 is 0 Å². The zero-order valence-corrected chi connectivity index (χ0v) is 10.7. The minimum atomic E-state index is -0.229. The van der Waals surface area contributed by atoms with Gasteiger partial charge in [-0.05, 0) is 32.9 Å². The van der Waals surface area contributed by atoms with Crippen molar-refractivity contribution in [2.75, 3.05) is 19.0 Å². The molecule has 5 nitrogen and oxygen atoms in total. The predicted molar refractivity (Wildman–Crippen MR) is 67.2 cm³/mol. The molecule has 0 saturated heterocycles. The molecule has 17 heavy (non-hydrogen) atoms. The summed E-state index contributed by atoms with van der Waals surface area (Å²) in [6.07, 6.45) is 1.65. The number of hydrogen-bond acceptors (Lipinski definition) is 4. The molecule has 0 spiro atoms. The SMILES string of the molecule is COc1cccnc1NCC(=O)NC(C)(C)C. The molecule has 0 aliphatic carbocycles. The van der Waals surface area contributed by atoms with Gasteiger partial charge in [-0.25, -0.2) is 4.98 Å². The fourth-order valence-corrected chi connectivity index (χ4v) is 1.31. The fraction of sp³-hybridized carbons (Fsp3) is 0.500. The average molecular weight is 237 g/mol. The number of hydrogen-bond donors (Lipinski definition) is 2. The smallest absolute Gasteiger partial charge is 0.239 e. The first kappa shape index (κ1) is 13.3. The summed E-state index contributed by atoms with van der Waals surface area (Å²) in [6, 6.07) is 3.57. The van der Waals surface area contributed by atoms with Gasteiger partial charge < -0.3 is 15.4 Å². The molecular formula is C12H19N3O2. The van der Waals surface area contributed by atoms with Crippen molar-refractivity contribution in [1.29, 1.82) is 0 Å². The Kier molecular flexibility index (Phi) is 4.31. The Morgan fingerprint density at radius 1 is 1.47 bits per heavy atom. The molecule has 1 aromatic heterocycles. The highest BCUT2D eigenvalue weighted by atomic mass is 16.5. The maximum Gasteiger partial charge on any atom is 0.239 e. The molecule has 0 atom stereocenters. The summed E-state index contributed by atoms with van der Waals surface area (Å²) in [5.41, 5.74) is -0.229. The van der Waals surface area contributed by atoms with Crippen LogP contribution in [-0.4, -0.2) is 30.1 Å². The van der Waals surface area contributed by atoms with E-state index in [1.807, 2.05) is 20.8 Å². The third-order valence-corrected chi connectivity index (χ3v) is 1.92. The Morgan fingerprint density at radius 2 is 2.18 bits per heavy atom. The van der Waals surface area contributed by atoms with Crippen molar-refractivity contribution in [2.45, 2.75) is 26.3 Å². The van der Waals surface area contributed by atoms with E-state index in [9.17, 15) is 4.79 Å². The van der Waals surface area contributed by atoms with Crippen LogP contribution in [0.3, 0.4) is 0 Å². The molecule has 0 aliphatic heterocycles. The topological polar surface area (TPSA) is 63.2 Å². The van der Waals surface area contributed by atoms with Crippen LogP contribution in [0.2, 0.25) is 0 Å². The summed E-state index contributed by atoms with van der Waals surface area (Å²) >= 11 is 0. The molecule has 1 heterocycles. The fourth-order valence-electron chi connectivity index (χ4n) is 1.31. The van der Waals surface area contributed by atoms with Crippen molar-refractivity contribution in [2.24, 2.45) is 0 Å². The normalized spacial score (nSPS) is 10.8. The van der Waals surface area contributed by atoms with Crippen LogP contribution in [0, 0.1) is 0 Å². The van der Waals surface area contributed by atoms with Gasteiger partial charge in [0, 0.05) is 11.7 Å². The molecule has 0 radical (unpaired) electrons. The lowest BCUT2D eigenvalue weighted by Gasteiger charge is -2.20. The van der Waals surface area contributed by atoms with E-state index in [1.54, 1.807) is 25.4 Å². The molecule has 1 aromatic rings. The number of amides is 1. The minimum Gasteiger partial charge on any atom is -0.493 e. The van der Waals surface area contributed by atoms with Crippen LogP contribution in [0.15, 0.2) is 18.3 Å².